The average molecular weight is 262 g/mol. The maximum atomic E-state index is 6.19. The monoisotopic (exact) mass is 262 g/mol. The van der Waals surface area contributed by atoms with E-state index in [4.69, 9.17) is 10.5 Å². The molecule has 0 spiro atoms. The molecule has 3 nitrogen and oxygen atoms in total. The fourth-order valence-corrected chi connectivity index (χ4v) is 2.56. The number of nitrogens with two attached hydrogens (primary N) is 1. The predicted molar refractivity (Wildman–Crippen MR) is 79.0 cm³/mol. The van der Waals surface area contributed by atoms with E-state index in [1.807, 2.05) is 18.2 Å². The number of hydrogen-bond acceptors (Lipinski definition) is 3. The van der Waals surface area contributed by atoms with Crippen LogP contribution in [0.15, 0.2) is 30.3 Å². The molecule has 1 saturated heterocycles. The lowest BCUT2D eigenvalue weighted by Crippen LogP contribution is -2.37. The van der Waals surface area contributed by atoms with Crippen molar-refractivity contribution in [2.45, 2.75) is 32.2 Å². The topological polar surface area (TPSA) is 47.3 Å². The normalized spacial score (nSPS) is 20.1. The van der Waals surface area contributed by atoms with Crippen molar-refractivity contribution in [3.8, 4) is 0 Å². The van der Waals surface area contributed by atoms with Gasteiger partial charge in [-0.3, -0.25) is 0 Å². The van der Waals surface area contributed by atoms with E-state index >= 15 is 0 Å². The summed E-state index contributed by atoms with van der Waals surface area (Å²) in [6.07, 6.45) is 3.30. The summed E-state index contributed by atoms with van der Waals surface area (Å²) in [7, 11) is 0. The Morgan fingerprint density at radius 3 is 2.63 bits per heavy atom. The van der Waals surface area contributed by atoms with Gasteiger partial charge in [0.2, 0.25) is 0 Å². The molecular weight excluding hydrogens is 236 g/mol. The zero-order valence-electron chi connectivity index (χ0n) is 11.9. The van der Waals surface area contributed by atoms with Gasteiger partial charge in [-0.15, -0.1) is 0 Å². The van der Waals surface area contributed by atoms with Gasteiger partial charge in [-0.05, 0) is 36.8 Å². The second-order valence-corrected chi connectivity index (χ2v) is 5.91. The quantitative estimate of drug-likeness (QED) is 0.774. The molecule has 1 atom stereocenters. The van der Waals surface area contributed by atoms with Crippen LogP contribution in [0.25, 0.3) is 0 Å². The van der Waals surface area contributed by atoms with Gasteiger partial charge in [-0.2, -0.15) is 0 Å². The number of hydrogen-bond donors (Lipinski definition) is 2. The zero-order chi connectivity index (χ0) is 13.6. The summed E-state index contributed by atoms with van der Waals surface area (Å²) in [5, 5.41) is 3.56. The first-order valence-electron chi connectivity index (χ1n) is 7.29. The van der Waals surface area contributed by atoms with Gasteiger partial charge in [0.25, 0.3) is 0 Å². The summed E-state index contributed by atoms with van der Waals surface area (Å²) in [6, 6.07) is 10.5. The summed E-state index contributed by atoms with van der Waals surface area (Å²) in [4.78, 5) is 0. The van der Waals surface area contributed by atoms with Crippen molar-refractivity contribution in [1.29, 1.82) is 0 Å². The van der Waals surface area contributed by atoms with Crippen molar-refractivity contribution >= 4 is 0 Å². The van der Waals surface area contributed by atoms with E-state index in [1.54, 1.807) is 0 Å². The van der Waals surface area contributed by atoms with Crippen LogP contribution >= 0.6 is 0 Å². The molecule has 3 N–H and O–H groups in total. The fourth-order valence-electron chi connectivity index (χ4n) is 2.56. The highest BCUT2D eigenvalue weighted by molar-refractivity contribution is 5.18. The summed E-state index contributed by atoms with van der Waals surface area (Å²) in [6.45, 7) is 6.20. The Morgan fingerprint density at radius 1 is 1.26 bits per heavy atom. The van der Waals surface area contributed by atoms with Crippen LogP contribution in [-0.4, -0.2) is 26.3 Å². The van der Waals surface area contributed by atoms with Crippen LogP contribution in [-0.2, 0) is 4.74 Å². The van der Waals surface area contributed by atoms with E-state index in [9.17, 15) is 0 Å². The van der Waals surface area contributed by atoms with Crippen LogP contribution in [0.1, 0.15) is 37.8 Å². The second kappa shape index (κ2) is 7.04. The van der Waals surface area contributed by atoms with Gasteiger partial charge >= 0.3 is 0 Å². The summed E-state index contributed by atoms with van der Waals surface area (Å²) in [5.74, 6) is 0. The van der Waals surface area contributed by atoms with Gasteiger partial charge in [0, 0.05) is 25.8 Å². The Bertz CT molecular complexity index is 360. The first-order valence-corrected chi connectivity index (χ1v) is 7.29. The molecule has 0 aromatic heterocycles. The average Bonchev–Trinajstić information content (AvgIpc) is 2.45. The SMILES string of the molecule is CC1(CNCCC(N)c2ccccc2)CCOCC1. The maximum absolute atomic E-state index is 6.19. The van der Waals surface area contributed by atoms with E-state index in [-0.39, 0.29) is 6.04 Å². The molecule has 1 aliphatic rings. The molecule has 0 aliphatic carbocycles. The lowest BCUT2D eigenvalue weighted by atomic mass is 9.82. The molecule has 0 radical (unpaired) electrons. The van der Waals surface area contributed by atoms with Crippen molar-refractivity contribution < 1.29 is 4.74 Å². The highest BCUT2D eigenvalue weighted by Gasteiger charge is 2.26. The van der Waals surface area contributed by atoms with Gasteiger partial charge < -0.3 is 15.8 Å². The second-order valence-electron chi connectivity index (χ2n) is 5.91. The number of nitrogens with one attached hydrogen (secondary N) is 1. The van der Waals surface area contributed by atoms with Gasteiger partial charge in [-0.1, -0.05) is 37.3 Å². The zero-order valence-corrected chi connectivity index (χ0v) is 11.9. The largest absolute Gasteiger partial charge is 0.381 e. The summed E-state index contributed by atoms with van der Waals surface area (Å²) >= 11 is 0. The lowest BCUT2D eigenvalue weighted by Gasteiger charge is -2.33. The third kappa shape index (κ3) is 4.60. The van der Waals surface area contributed by atoms with Crippen LogP contribution in [0, 0.1) is 5.41 Å². The van der Waals surface area contributed by atoms with Crippen LogP contribution in [0.5, 0.6) is 0 Å². The molecule has 2 rings (SSSR count). The number of ether oxygens (including phenoxy) is 1. The highest BCUT2D eigenvalue weighted by Crippen LogP contribution is 2.28. The highest BCUT2D eigenvalue weighted by atomic mass is 16.5. The Labute approximate surface area is 116 Å². The van der Waals surface area contributed by atoms with Crippen molar-refractivity contribution in [2.75, 3.05) is 26.3 Å². The molecule has 1 aromatic carbocycles. The van der Waals surface area contributed by atoms with Crippen molar-refractivity contribution in [1.82, 2.24) is 5.32 Å². The molecule has 1 aliphatic heterocycles. The molecule has 19 heavy (non-hydrogen) atoms. The molecule has 0 bridgehead atoms. The minimum Gasteiger partial charge on any atom is -0.381 e. The predicted octanol–water partition coefficient (Wildman–Crippen LogP) is 2.48. The molecule has 0 amide bonds. The van der Waals surface area contributed by atoms with E-state index in [0.717, 1.165) is 45.6 Å². The number of rotatable bonds is 6. The van der Waals surface area contributed by atoms with Crippen LogP contribution < -0.4 is 11.1 Å². The minimum atomic E-state index is 0.135. The Kier molecular flexibility index (Phi) is 5.37. The minimum absolute atomic E-state index is 0.135. The van der Waals surface area contributed by atoms with Gasteiger partial charge in [0.15, 0.2) is 0 Å². The Morgan fingerprint density at radius 2 is 1.95 bits per heavy atom. The lowest BCUT2D eigenvalue weighted by molar-refractivity contribution is 0.0241. The van der Waals surface area contributed by atoms with Crippen LogP contribution in [0.3, 0.4) is 0 Å². The van der Waals surface area contributed by atoms with Crippen molar-refractivity contribution in [3.63, 3.8) is 0 Å². The third-order valence-electron chi connectivity index (χ3n) is 4.11. The molecule has 106 valence electrons. The molecular formula is C16H26N2O. The standard InChI is InChI=1S/C16H26N2O/c1-16(8-11-19-12-9-16)13-18-10-7-15(17)14-5-3-2-4-6-14/h2-6,15,18H,7-13,17H2,1H3. The van der Waals surface area contributed by atoms with E-state index in [1.165, 1.54) is 5.56 Å². The molecule has 3 heteroatoms. The Balaban J connectivity index is 1.66. The fraction of sp³-hybridized carbons (Fsp3) is 0.625. The third-order valence-corrected chi connectivity index (χ3v) is 4.11. The summed E-state index contributed by atoms with van der Waals surface area (Å²) in [5.41, 5.74) is 7.81. The first kappa shape index (κ1) is 14.5. The summed E-state index contributed by atoms with van der Waals surface area (Å²) < 4.78 is 5.42. The number of benzene rings is 1. The molecule has 1 heterocycles. The smallest absolute Gasteiger partial charge is 0.0471 e. The molecule has 1 fully saturated rings. The molecule has 1 aromatic rings. The molecule has 1 unspecified atom stereocenters. The molecule has 0 saturated carbocycles. The van der Waals surface area contributed by atoms with Crippen LogP contribution in [0.2, 0.25) is 0 Å². The van der Waals surface area contributed by atoms with Crippen molar-refractivity contribution in [3.05, 3.63) is 35.9 Å². The van der Waals surface area contributed by atoms with Gasteiger partial charge in [-0.25, -0.2) is 0 Å². The first-order chi connectivity index (χ1) is 9.20. The van der Waals surface area contributed by atoms with Crippen LogP contribution in [0.4, 0.5) is 0 Å². The van der Waals surface area contributed by atoms with Gasteiger partial charge in [0.1, 0.15) is 0 Å². The van der Waals surface area contributed by atoms with E-state index in [0.29, 0.717) is 5.41 Å². The van der Waals surface area contributed by atoms with E-state index in [2.05, 4.69) is 24.4 Å². The maximum Gasteiger partial charge on any atom is 0.0471 e. The van der Waals surface area contributed by atoms with Crippen molar-refractivity contribution in [2.24, 2.45) is 11.1 Å². The van der Waals surface area contributed by atoms with E-state index < -0.39 is 0 Å². The van der Waals surface area contributed by atoms with Gasteiger partial charge in [0.05, 0.1) is 0 Å². The Hall–Kier alpha value is -0.900.